The zero-order valence-electron chi connectivity index (χ0n) is 21.9. The molecule has 5 aromatic rings. The highest BCUT2D eigenvalue weighted by atomic mass is 16.5. The fraction of sp³-hybridized carbons (Fsp3) is 0.125. The summed E-state index contributed by atoms with van der Waals surface area (Å²) >= 11 is 0. The van der Waals surface area contributed by atoms with Crippen LogP contribution in [0.3, 0.4) is 0 Å². The average molecular weight is 518 g/mol. The molecule has 0 bridgehead atoms. The predicted octanol–water partition coefficient (Wildman–Crippen LogP) is 6.38. The molecule has 0 fully saturated rings. The fourth-order valence-corrected chi connectivity index (χ4v) is 4.12. The van der Waals surface area contributed by atoms with E-state index >= 15 is 0 Å². The summed E-state index contributed by atoms with van der Waals surface area (Å²) in [6, 6.07) is 28.2. The third-order valence-electron chi connectivity index (χ3n) is 6.24. The highest BCUT2D eigenvalue weighted by Crippen LogP contribution is 2.31. The SMILES string of the molecule is COc1cccc(NC(=O)COC(=O)c2ccc3nc(-c4ccc(C)cc4)c(-c4ccc(C)cc4)nc3c2)c1. The molecule has 0 atom stereocenters. The van der Waals surface area contributed by atoms with Gasteiger partial charge in [-0.2, -0.15) is 0 Å². The molecule has 5 rings (SSSR count). The number of fused-ring (bicyclic) bond motifs is 1. The Morgan fingerprint density at radius 1 is 0.744 bits per heavy atom. The van der Waals surface area contributed by atoms with Gasteiger partial charge < -0.3 is 14.8 Å². The molecule has 4 aromatic carbocycles. The smallest absolute Gasteiger partial charge is 0.338 e. The van der Waals surface area contributed by atoms with E-state index in [1.807, 2.05) is 62.4 Å². The Hall–Kier alpha value is -5.04. The van der Waals surface area contributed by atoms with Crippen molar-refractivity contribution in [1.82, 2.24) is 9.97 Å². The summed E-state index contributed by atoms with van der Waals surface area (Å²) in [5.74, 6) is -0.474. The van der Waals surface area contributed by atoms with Crippen LogP contribution < -0.4 is 10.1 Å². The molecule has 1 amide bonds. The van der Waals surface area contributed by atoms with E-state index < -0.39 is 18.5 Å². The molecule has 1 heterocycles. The van der Waals surface area contributed by atoms with Gasteiger partial charge in [-0.05, 0) is 44.2 Å². The summed E-state index contributed by atoms with van der Waals surface area (Å²) in [5.41, 5.74) is 7.68. The van der Waals surface area contributed by atoms with Gasteiger partial charge in [0, 0.05) is 22.9 Å². The van der Waals surface area contributed by atoms with Crippen LogP contribution in [0.4, 0.5) is 5.69 Å². The number of benzene rings is 4. The van der Waals surface area contributed by atoms with Crippen molar-refractivity contribution in [2.24, 2.45) is 0 Å². The first-order chi connectivity index (χ1) is 18.9. The summed E-state index contributed by atoms with van der Waals surface area (Å²) in [6.07, 6.45) is 0. The van der Waals surface area contributed by atoms with Gasteiger partial charge in [0.25, 0.3) is 5.91 Å². The number of anilines is 1. The number of esters is 1. The molecule has 0 radical (unpaired) electrons. The molecule has 0 aliphatic rings. The number of methoxy groups -OCH3 is 1. The van der Waals surface area contributed by atoms with E-state index in [1.165, 1.54) is 0 Å². The lowest BCUT2D eigenvalue weighted by Gasteiger charge is -2.12. The molecular weight excluding hydrogens is 490 g/mol. The van der Waals surface area contributed by atoms with Crippen molar-refractivity contribution in [1.29, 1.82) is 0 Å². The quantitative estimate of drug-likeness (QED) is 0.252. The topological polar surface area (TPSA) is 90.4 Å². The summed E-state index contributed by atoms with van der Waals surface area (Å²) in [7, 11) is 1.55. The second kappa shape index (κ2) is 11.1. The number of nitrogens with one attached hydrogen (secondary N) is 1. The number of carbonyl (C=O) groups excluding carboxylic acids is 2. The third-order valence-corrected chi connectivity index (χ3v) is 6.24. The largest absolute Gasteiger partial charge is 0.497 e. The van der Waals surface area contributed by atoms with Crippen molar-refractivity contribution in [3.63, 3.8) is 0 Å². The second-order valence-corrected chi connectivity index (χ2v) is 9.21. The first kappa shape index (κ1) is 25.6. The Kier molecular flexibility index (Phi) is 7.32. The van der Waals surface area contributed by atoms with Crippen molar-refractivity contribution in [2.45, 2.75) is 13.8 Å². The Bertz CT molecular complexity index is 1660. The van der Waals surface area contributed by atoms with E-state index in [0.717, 1.165) is 33.6 Å². The van der Waals surface area contributed by atoms with Crippen LogP contribution in [0.2, 0.25) is 0 Å². The number of aromatic nitrogens is 2. The number of carbonyl (C=O) groups is 2. The summed E-state index contributed by atoms with van der Waals surface area (Å²) in [5, 5.41) is 2.69. The Morgan fingerprint density at radius 2 is 1.36 bits per heavy atom. The Balaban J connectivity index is 1.40. The van der Waals surface area contributed by atoms with Crippen LogP contribution in [-0.4, -0.2) is 35.6 Å². The van der Waals surface area contributed by atoms with E-state index in [4.69, 9.17) is 19.4 Å². The summed E-state index contributed by atoms with van der Waals surface area (Å²) in [4.78, 5) is 35.0. The molecule has 39 heavy (non-hydrogen) atoms. The molecular formula is C32H27N3O4. The third kappa shape index (κ3) is 5.93. The average Bonchev–Trinajstić information content (AvgIpc) is 2.96. The van der Waals surface area contributed by atoms with Gasteiger partial charge in [-0.25, -0.2) is 14.8 Å². The number of nitrogens with zero attached hydrogens (tertiary/aromatic N) is 2. The van der Waals surface area contributed by atoms with E-state index in [2.05, 4.69) is 5.32 Å². The first-order valence-electron chi connectivity index (χ1n) is 12.5. The standard InChI is InChI=1S/C32H27N3O4/c1-20-7-11-22(12-8-20)30-31(23-13-9-21(2)10-14-23)35-28-17-24(15-16-27(28)34-30)32(37)39-19-29(36)33-25-5-4-6-26(18-25)38-3/h4-18H,19H2,1-3H3,(H,33,36). The van der Waals surface area contributed by atoms with Gasteiger partial charge in [-0.1, -0.05) is 65.7 Å². The maximum Gasteiger partial charge on any atom is 0.338 e. The molecule has 0 aliphatic heterocycles. The monoisotopic (exact) mass is 517 g/mol. The molecule has 1 N–H and O–H groups in total. The minimum absolute atomic E-state index is 0.281. The van der Waals surface area contributed by atoms with Crippen LogP contribution >= 0.6 is 0 Å². The van der Waals surface area contributed by atoms with Crippen LogP contribution in [0.25, 0.3) is 33.5 Å². The van der Waals surface area contributed by atoms with Gasteiger partial charge in [-0.3, -0.25) is 4.79 Å². The van der Waals surface area contributed by atoms with Gasteiger partial charge >= 0.3 is 5.97 Å². The maximum atomic E-state index is 12.8. The molecule has 0 saturated carbocycles. The number of hydrogen-bond acceptors (Lipinski definition) is 6. The van der Waals surface area contributed by atoms with E-state index in [0.29, 0.717) is 22.5 Å². The maximum absolute atomic E-state index is 12.8. The normalized spacial score (nSPS) is 10.7. The van der Waals surface area contributed by atoms with Crippen molar-refractivity contribution < 1.29 is 19.1 Å². The summed E-state index contributed by atoms with van der Waals surface area (Å²) < 4.78 is 10.4. The van der Waals surface area contributed by atoms with E-state index in [9.17, 15) is 9.59 Å². The van der Waals surface area contributed by atoms with Gasteiger partial charge in [0.2, 0.25) is 0 Å². The Labute approximate surface area is 226 Å². The number of ether oxygens (including phenoxy) is 2. The first-order valence-corrected chi connectivity index (χ1v) is 12.5. The molecule has 1 aromatic heterocycles. The van der Waals surface area contributed by atoms with Crippen LogP contribution in [-0.2, 0) is 9.53 Å². The van der Waals surface area contributed by atoms with Gasteiger partial charge in [0.05, 0.1) is 35.1 Å². The van der Waals surface area contributed by atoms with Crippen LogP contribution in [0.1, 0.15) is 21.5 Å². The lowest BCUT2D eigenvalue weighted by Crippen LogP contribution is -2.21. The molecule has 194 valence electrons. The fourth-order valence-electron chi connectivity index (χ4n) is 4.12. The number of aryl methyl sites for hydroxylation is 2. The zero-order chi connectivity index (χ0) is 27.4. The van der Waals surface area contributed by atoms with Crippen LogP contribution in [0, 0.1) is 13.8 Å². The molecule has 0 saturated heterocycles. The lowest BCUT2D eigenvalue weighted by atomic mass is 10.0. The number of hydrogen-bond donors (Lipinski definition) is 1. The summed E-state index contributed by atoms with van der Waals surface area (Å²) in [6.45, 7) is 3.64. The zero-order valence-corrected chi connectivity index (χ0v) is 21.9. The van der Waals surface area contributed by atoms with Crippen LogP contribution in [0.5, 0.6) is 5.75 Å². The molecule has 0 spiro atoms. The van der Waals surface area contributed by atoms with Crippen LogP contribution in [0.15, 0.2) is 91.0 Å². The second-order valence-electron chi connectivity index (χ2n) is 9.21. The number of rotatable bonds is 7. The van der Waals surface area contributed by atoms with Gasteiger partial charge in [-0.15, -0.1) is 0 Å². The highest BCUT2D eigenvalue weighted by molar-refractivity contribution is 5.98. The van der Waals surface area contributed by atoms with Crippen molar-refractivity contribution in [3.8, 4) is 28.3 Å². The molecule has 7 heteroatoms. The van der Waals surface area contributed by atoms with Gasteiger partial charge in [0.1, 0.15) is 5.75 Å². The highest BCUT2D eigenvalue weighted by Gasteiger charge is 2.16. The van der Waals surface area contributed by atoms with Crippen molar-refractivity contribution in [3.05, 3.63) is 108 Å². The molecule has 0 aliphatic carbocycles. The minimum Gasteiger partial charge on any atom is -0.497 e. The predicted molar refractivity (Wildman–Crippen MR) is 152 cm³/mol. The van der Waals surface area contributed by atoms with Crippen molar-refractivity contribution >= 4 is 28.6 Å². The minimum atomic E-state index is -0.626. The Morgan fingerprint density at radius 3 is 1.97 bits per heavy atom. The number of amides is 1. The lowest BCUT2D eigenvalue weighted by molar-refractivity contribution is -0.119. The van der Waals surface area contributed by atoms with Crippen molar-refractivity contribution in [2.75, 3.05) is 19.0 Å². The van der Waals surface area contributed by atoms with E-state index in [-0.39, 0.29) is 5.56 Å². The van der Waals surface area contributed by atoms with Gasteiger partial charge in [0.15, 0.2) is 6.61 Å². The molecule has 7 nitrogen and oxygen atoms in total. The van der Waals surface area contributed by atoms with E-state index in [1.54, 1.807) is 49.6 Å². The molecule has 0 unspecified atom stereocenters.